The molecule has 1 aliphatic rings. The van der Waals surface area contributed by atoms with E-state index in [1.54, 1.807) is 6.20 Å². The van der Waals surface area contributed by atoms with Crippen molar-refractivity contribution >= 4 is 46.8 Å². The van der Waals surface area contributed by atoms with E-state index in [4.69, 9.17) is 21.1 Å². The quantitative estimate of drug-likeness (QED) is 0.354. The monoisotopic (exact) mass is 471 g/mol. The number of rotatable bonds is 5. The summed E-state index contributed by atoms with van der Waals surface area (Å²) in [6.07, 6.45) is 8.04. The first kappa shape index (κ1) is 21.3. The number of halogens is 2. The van der Waals surface area contributed by atoms with Crippen molar-refractivity contribution in [2.75, 3.05) is 6.61 Å². The molecule has 0 aromatic carbocycles. The third-order valence-corrected chi connectivity index (χ3v) is 11.8. The van der Waals surface area contributed by atoms with Crippen molar-refractivity contribution in [1.29, 1.82) is 0 Å². The molecule has 1 fully saturated rings. The molecule has 27 heavy (non-hydrogen) atoms. The van der Waals surface area contributed by atoms with Crippen molar-refractivity contribution in [2.24, 2.45) is 5.41 Å². The third kappa shape index (κ3) is 4.60. The molecule has 1 saturated carbocycles. The van der Waals surface area contributed by atoms with Crippen LogP contribution >= 0.6 is 27.5 Å². The first-order valence-corrected chi connectivity index (χ1v) is 13.9. The Balaban J connectivity index is 1.89. The molecule has 0 unspecified atom stereocenters. The van der Waals surface area contributed by atoms with E-state index in [1.165, 1.54) is 32.1 Å². The van der Waals surface area contributed by atoms with Gasteiger partial charge in [-0.05, 0) is 46.9 Å². The van der Waals surface area contributed by atoms with Crippen molar-refractivity contribution in [3.8, 4) is 0 Å². The highest BCUT2D eigenvalue weighted by molar-refractivity contribution is 9.10. The van der Waals surface area contributed by atoms with Gasteiger partial charge in [-0.15, -0.1) is 0 Å². The molecule has 1 aliphatic carbocycles. The molecule has 3 rings (SSSR count). The van der Waals surface area contributed by atoms with Gasteiger partial charge in [-0.2, -0.15) is 5.10 Å². The van der Waals surface area contributed by atoms with Gasteiger partial charge in [0.2, 0.25) is 0 Å². The zero-order chi connectivity index (χ0) is 19.9. The SMILES string of the molecule is CC(C)(C)[Si](C)(C)OCC1(Cn2nc(Br)c3cnc(Cl)cc32)CCCCC1. The number of hydrogen-bond donors (Lipinski definition) is 0. The number of fused-ring (bicyclic) bond motifs is 1. The van der Waals surface area contributed by atoms with Gasteiger partial charge in [0, 0.05) is 30.8 Å². The average Bonchev–Trinajstić information content (AvgIpc) is 2.88. The molecule has 0 aliphatic heterocycles. The van der Waals surface area contributed by atoms with E-state index in [2.05, 4.69) is 59.5 Å². The standard InChI is InChI=1S/C20H31BrClN3OSi/c1-19(2,3)27(4,5)26-14-20(9-7-6-8-10-20)13-25-16-11-17(22)23-12-15(16)18(21)24-25/h11-12H,6-10,13-14H2,1-5H3. The second-order valence-corrected chi connectivity index (χ2v) is 15.5. The number of nitrogens with zero attached hydrogens (tertiary/aromatic N) is 3. The van der Waals surface area contributed by atoms with Crippen LogP contribution in [-0.2, 0) is 11.0 Å². The van der Waals surface area contributed by atoms with E-state index >= 15 is 0 Å². The Morgan fingerprint density at radius 1 is 1.26 bits per heavy atom. The Kier molecular flexibility index (Phi) is 6.12. The van der Waals surface area contributed by atoms with Crippen LogP contribution in [-0.4, -0.2) is 29.7 Å². The molecule has 0 spiro atoms. The predicted molar refractivity (Wildman–Crippen MR) is 119 cm³/mol. The third-order valence-electron chi connectivity index (χ3n) is 6.50. The smallest absolute Gasteiger partial charge is 0.192 e. The van der Waals surface area contributed by atoms with Crippen LogP contribution in [0.25, 0.3) is 10.9 Å². The minimum atomic E-state index is -1.78. The summed E-state index contributed by atoms with van der Waals surface area (Å²) in [6, 6.07) is 1.92. The van der Waals surface area contributed by atoms with Gasteiger partial charge in [-0.1, -0.05) is 51.6 Å². The molecule has 0 bridgehead atoms. The molecule has 0 atom stereocenters. The largest absolute Gasteiger partial charge is 0.416 e. The lowest BCUT2D eigenvalue weighted by Crippen LogP contribution is -2.45. The van der Waals surface area contributed by atoms with Crippen LogP contribution < -0.4 is 0 Å². The van der Waals surface area contributed by atoms with Gasteiger partial charge in [0.25, 0.3) is 0 Å². The molecule has 0 saturated heterocycles. The average molecular weight is 473 g/mol. The fourth-order valence-corrected chi connectivity index (χ4v) is 5.39. The second kappa shape index (κ2) is 7.77. The molecule has 0 amide bonds. The Labute approximate surface area is 177 Å². The van der Waals surface area contributed by atoms with E-state index in [0.717, 1.165) is 28.7 Å². The highest BCUT2D eigenvalue weighted by Crippen LogP contribution is 2.43. The Morgan fingerprint density at radius 2 is 1.93 bits per heavy atom. The summed E-state index contributed by atoms with van der Waals surface area (Å²) >= 11 is 9.74. The van der Waals surface area contributed by atoms with Crippen molar-refractivity contribution in [3.05, 3.63) is 22.0 Å². The summed E-state index contributed by atoms with van der Waals surface area (Å²) < 4.78 is 9.64. The maximum Gasteiger partial charge on any atom is 0.192 e. The molecule has 2 aromatic heterocycles. The summed E-state index contributed by atoms with van der Waals surface area (Å²) in [5.74, 6) is 0. The molecule has 0 N–H and O–H groups in total. The summed E-state index contributed by atoms with van der Waals surface area (Å²) in [5, 5.41) is 6.50. The Morgan fingerprint density at radius 3 is 2.56 bits per heavy atom. The summed E-state index contributed by atoms with van der Waals surface area (Å²) in [7, 11) is -1.78. The van der Waals surface area contributed by atoms with Crippen LogP contribution in [0.4, 0.5) is 0 Å². The van der Waals surface area contributed by atoms with Gasteiger partial charge >= 0.3 is 0 Å². The summed E-state index contributed by atoms with van der Waals surface area (Å²) in [5.41, 5.74) is 1.18. The van der Waals surface area contributed by atoms with Crippen molar-refractivity contribution < 1.29 is 4.43 Å². The Bertz CT molecular complexity index is 809. The lowest BCUT2D eigenvalue weighted by Gasteiger charge is -2.43. The molecule has 150 valence electrons. The number of hydrogen-bond acceptors (Lipinski definition) is 3. The molecule has 2 aromatic rings. The van der Waals surface area contributed by atoms with E-state index in [9.17, 15) is 0 Å². The van der Waals surface area contributed by atoms with Crippen LogP contribution in [0.1, 0.15) is 52.9 Å². The second-order valence-electron chi connectivity index (χ2n) is 9.58. The molecule has 0 radical (unpaired) electrons. The predicted octanol–water partition coefficient (Wildman–Crippen LogP) is 6.82. The van der Waals surface area contributed by atoms with Gasteiger partial charge in [0.15, 0.2) is 8.32 Å². The highest BCUT2D eigenvalue weighted by atomic mass is 79.9. The minimum Gasteiger partial charge on any atom is -0.416 e. The maximum absolute atomic E-state index is 6.70. The van der Waals surface area contributed by atoms with Gasteiger partial charge in [-0.25, -0.2) is 4.98 Å². The normalized spacial score (nSPS) is 18.2. The van der Waals surface area contributed by atoms with E-state index in [-0.39, 0.29) is 10.5 Å². The lowest BCUT2D eigenvalue weighted by atomic mass is 9.74. The van der Waals surface area contributed by atoms with Gasteiger partial charge in [0.1, 0.15) is 9.76 Å². The van der Waals surface area contributed by atoms with E-state index in [1.807, 2.05) is 6.07 Å². The van der Waals surface area contributed by atoms with Crippen molar-refractivity contribution in [3.63, 3.8) is 0 Å². The van der Waals surface area contributed by atoms with Crippen LogP contribution in [0.2, 0.25) is 23.3 Å². The first-order chi connectivity index (χ1) is 12.5. The number of aromatic nitrogens is 3. The zero-order valence-electron chi connectivity index (χ0n) is 17.1. The van der Waals surface area contributed by atoms with Gasteiger partial charge < -0.3 is 4.43 Å². The highest BCUT2D eigenvalue weighted by Gasteiger charge is 2.41. The lowest BCUT2D eigenvalue weighted by molar-refractivity contribution is 0.0679. The fraction of sp³-hybridized carbons (Fsp3) is 0.700. The van der Waals surface area contributed by atoms with Crippen LogP contribution in [0.15, 0.2) is 16.9 Å². The van der Waals surface area contributed by atoms with Gasteiger partial charge in [-0.3, -0.25) is 4.68 Å². The topological polar surface area (TPSA) is 39.9 Å². The zero-order valence-corrected chi connectivity index (χ0v) is 20.5. The van der Waals surface area contributed by atoms with Crippen LogP contribution in [0, 0.1) is 5.41 Å². The fourth-order valence-electron chi connectivity index (χ4n) is 3.64. The van der Waals surface area contributed by atoms with Crippen LogP contribution in [0.5, 0.6) is 0 Å². The summed E-state index contributed by atoms with van der Waals surface area (Å²) in [4.78, 5) is 4.20. The van der Waals surface area contributed by atoms with Crippen molar-refractivity contribution in [1.82, 2.24) is 14.8 Å². The molecule has 7 heteroatoms. The molecule has 4 nitrogen and oxygen atoms in total. The minimum absolute atomic E-state index is 0.141. The molecular formula is C20H31BrClN3OSi. The molecular weight excluding hydrogens is 442 g/mol. The van der Waals surface area contributed by atoms with E-state index < -0.39 is 8.32 Å². The van der Waals surface area contributed by atoms with E-state index in [0.29, 0.717) is 5.15 Å². The van der Waals surface area contributed by atoms with Crippen LogP contribution in [0.3, 0.4) is 0 Å². The first-order valence-electron chi connectivity index (χ1n) is 9.85. The van der Waals surface area contributed by atoms with Crippen molar-refractivity contribution in [2.45, 2.75) is 77.6 Å². The maximum atomic E-state index is 6.70. The summed E-state index contributed by atoms with van der Waals surface area (Å²) in [6.45, 7) is 13.3. The van der Waals surface area contributed by atoms with Gasteiger partial charge in [0.05, 0.1) is 10.9 Å². The number of pyridine rings is 1. The Hall–Kier alpha value is -0.433. The molecule has 2 heterocycles.